The van der Waals surface area contributed by atoms with Gasteiger partial charge in [0.15, 0.2) is 6.54 Å². The lowest BCUT2D eigenvalue weighted by molar-refractivity contribution is -0.897. The van der Waals surface area contributed by atoms with Gasteiger partial charge in [-0.25, -0.2) is 4.68 Å². The molecule has 2 heterocycles. The predicted octanol–water partition coefficient (Wildman–Crippen LogP) is 1.35. The topological polar surface area (TPSA) is 64.2 Å². The molecular formula is C20H30N5O+. The number of aromatic nitrogens is 3. The van der Waals surface area contributed by atoms with Crippen LogP contribution in [0.25, 0.3) is 11.0 Å². The van der Waals surface area contributed by atoms with Gasteiger partial charge in [0.25, 0.3) is 5.91 Å². The van der Waals surface area contributed by atoms with Gasteiger partial charge >= 0.3 is 0 Å². The predicted molar refractivity (Wildman–Crippen MR) is 101 cm³/mol. The van der Waals surface area contributed by atoms with Crippen molar-refractivity contribution in [2.45, 2.75) is 57.5 Å². The van der Waals surface area contributed by atoms with Gasteiger partial charge in [0.2, 0.25) is 0 Å². The minimum Gasteiger partial charge on any atom is -0.348 e. The highest BCUT2D eigenvalue weighted by Gasteiger charge is 2.27. The monoisotopic (exact) mass is 356 g/mol. The number of hydrogen-bond donors (Lipinski definition) is 2. The Morgan fingerprint density at radius 3 is 2.65 bits per heavy atom. The Kier molecular flexibility index (Phi) is 5.20. The molecule has 140 valence electrons. The Morgan fingerprint density at radius 1 is 1.15 bits per heavy atom. The van der Waals surface area contributed by atoms with E-state index in [1.54, 1.807) is 0 Å². The zero-order valence-corrected chi connectivity index (χ0v) is 15.7. The first-order valence-electron chi connectivity index (χ1n) is 10.1. The van der Waals surface area contributed by atoms with Crippen LogP contribution in [0.4, 0.5) is 0 Å². The molecule has 26 heavy (non-hydrogen) atoms. The quantitative estimate of drug-likeness (QED) is 0.869. The van der Waals surface area contributed by atoms with Gasteiger partial charge in [-0.05, 0) is 43.7 Å². The van der Waals surface area contributed by atoms with Crippen LogP contribution in [0.3, 0.4) is 0 Å². The maximum atomic E-state index is 12.4. The number of rotatable bonds is 4. The SMILES string of the molecule is CC1CCC(NC(=O)C[NH+]2CCC(n3nnc4ccccc43)CC2)CC1. The van der Waals surface area contributed by atoms with E-state index in [1.165, 1.54) is 17.7 Å². The van der Waals surface area contributed by atoms with E-state index in [4.69, 9.17) is 0 Å². The van der Waals surface area contributed by atoms with Crippen molar-refractivity contribution in [1.29, 1.82) is 0 Å². The first kappa shape index (κ1) is 17.5. The van der Waals surface area contributed by atoms with Crippen molar-refractivity contribution in [3.8, 4) is 0 Å². The summed E-state index contributed by atoms with van der Waals surface area (Å²) in [5.74, 6) is 1.05. The van der Waals surface area contributed by atoms with Gasteiger partial charge in [-0.3, -0.25) is 4.79 Å². The van der Waals surface area contributed by atoms with Gasteiger partial charge in [0.05, 0.1) is 24.6 Å². The minimum atomic E-state index is 0.226. The fraction of sp³-hybridized carbons (Fsp3) is 0.650. The first-order chi connectivity index (χ1) is 12.7. The minimum absolute atomic E-state index is 0.226. The molecular weight excluding hydrogens is 326 g/mol. The summed E-state index contributed by atoms with van der Waals surface area (Å²) >= 11 is 0. The van der Waals surface area contributed by atoms with Crippen molar-refractivity contribution in [3.63, 3.8) is 0 Å². The molecule has 1 aliphatic carbocycles. The number of carbonyl (C=O) groups excluding carboxylic acids is 1. The highest BCUT2D eigenvalue weighted by Crippen LogP contribution is 2.23. The number of amides is 1. The van der Waals surface area contributed by atoms with Crippen LogP contribution in [0.1, 0.15) is 51.5 Å². The Bertz CT molecular complexity index is 741. The summed E-state index contributed by atoms with van der Waals surface area (Å²) in [4.78, 5) is 13.8. The summed E-state index contributed by atoms with van der Waals surface area (Å²) in [5, 5.41) is 11.9. The van der Waals surface area contributed by atoms with E-state index in [0.29, 0.717) is 18.6 Å². The number of likely N-dealkylation sites (tertiary alicyclic amines) is 1. The molecule has 1 saturated carbocycles. The number of nitrogens with one attached hydrogen (secondary N) is 2. The number of nitrogens with zero attached hydrogens (tertiary/aromatic N) is 3. The van der Waals surface area contributed by atoms with Crippen LogP contribution in [-0.2, 0) is 4.79 Å². The molecule has 2 aliphatic rings. The highest BCUT2D eigenvalue weighted by atomic mass is 16.2. The molecule has 1 aromatic carbocycles. The number of piperidine rings is 1. The average Bonchev–Trinajstić information content (AvgIpc) is 3.08. The van der Waals surface area contributed by atoms with Crippen molar-refractivity contribution >= 4 is 16.9 Å². The fourth-order valence-electron chi connectivity index (χ4n) is 4.50. The molecule has 2 aromatic rings. The third kappa shape index (κ3) is 3.90. The van der Waals surface area contributed by atoms with E-state index >= 15 is 0 Å². The molecule has 0 bridgehead atoms. The molecule has 1 aromatic heterocycles. The van der Waals surface area contributed by atoms with Crippen molar-refractivity contribution in [2.24, 2.45) is 5.92 Å². The van der Waals surface area contributed by atoms with Crippen molar-refractivity contribution < 1.29 is 9.69 Å². The van der Waals surface area contributed by atoms with Gasteiger partial charge in [-0.15, -0.1) is 5.10 Å². The Morgan fingerprint density at radius 2 is 1.88 bits per heavy atom. The second kappa shape index (κ2) is 7.74. The lowest BCUT2D eigenvalue weighted by Gasteiger charge is -2.30. The number of fused-ring (bicyclic) bond motifs is 1. The van der Waals surface area contributed by atoms with Gasteiger partial charge in [0, 0.05) is 18.9 Å². The van der Waals surface area contributed by atoms with Crippen LogP contribution in [0.15, 0.2) is 24.3 Å². The highest BCUT2D eigenvalue weighted by molar-refractivity contribution is 5.77. The van der Waals surface area contributed by atoms with E-state index in [9.17, 15) is 4.79 Å². The number of benzene rings is 1. The van der Waals surface area contributed by atoms with Gasteiger partial charge in [-0.2, -0.15) is 0 Å². The summed E-state index contributed by atoms with van der Waals surface area (Å²) in [7, 11) is 0. The normalized spacial score (nSPS) is 29.6. The fourth-order valence-corrected chi connectivity index (χ4v) is 4.50. The summed E-state index contributed by atoms with van der Waals surface area (Å²) in [5.41, 5.74) is 2.08. The zero-order chi connectivity index (χ0) is 17.9. The van der Waals surface area contributed by atoms with Gasteiger partial charge < -0.3 is 10.2 Å². The summed E-state index contributed by atoms with van der Waals surface area (Å²) < 4.78 is 2.08. The van der Waals surface area contributed by atoms with E-state index in [0.717, 1.165) is 55.7 Å². The van der Waals surface area contributed by atoms with Crippen LogP contribution in [0.2, 0.25) is 0 Å². The lowest BCUT2D eigenvalue weighted by atomic mass is 9.87. The number of quaternary nitrogens is 1. The first-order valence-corrected chi connectivity index (χ1v) is 10.1. The second-order valence-corrected chi connectivity index (χ2v) is 8.20. The number of carbonyl (C=O) groups is 1. The van der Waals surface area contributed by atoms with Gasteiger partial charge in [-0.1, -0.05) is 24.3 Å². The van der Waals surface area contributed by atoms with Crippen LogP contribution in [0.5, 0.6) is 0 Å². The standard InChI is InChI=1S/C20H29N5O/c1-15-6-8-16(9-7-15)21-20(26)14-24-12-10-17(11-13-24)25-19-5-3-2-4-18(19)22-23-25/h2-5,15-17H,6-14H2,1H3,(H,21,26)/p+1. The molecule has 0 spiro atoms. The van der Waals surface area contributed by atoms with E-state index in [-0.39, 0.29) is 5.91 Å². The van der Waals surface area contributed by atoms with E-state index < -0.39 is 0 Å². The molecule has 6 nitrogen and oxygen atoms in total. The third-order valence-electron chi connectivity index (χ3n) is 6.18. The second-order valence-electron chi connectivity index (χ2n) is 8.20. The Labute approximate surface area is 154 Å². The van der Waals surface area contributed by atoms with Crippen molar-refractivity contribution in [1.82, 2.24) is 20.3 Å². The number of para-hydroxylation sites is 1. The largest absolute Gasteiger partial charge is 0.348 e. The summed E-state index contributed by atoms with van der Waals surface area (Å²) in [6, 6.07) is 8.94. The molecule has 2 fully saturated rings. The van der Waals surface area contributed by atoms with Crippen LogP contribution < -0.4 is 10.2 Å². The summed E-state index contributed by atoms with van der Waals surface area (Å²) in [6.07, 6.45) is 6.88. The summed E-state index contributed by atoms with van der Waals surface area (Å²) in [6.45, 7) is 4.96. The molecule has 1 amide bonds. The Balaban J connectivity index is 1.26. The zero-order valence-electron chi connectivity index (χ0n) is 15.7. The van der Waals surface area contributed by atoms with Crippen LogP contribution >= 0.6 is 0 Å². The average molecular weight is 356 g/mol. The maximum Gasteiger partial charge on any atom is 0.275 e. The molecule has 0 atom stereocenters. The molecule has 1 saturated heterocycles. The molecule has 6 heteroatoms. The van der Waals surface area contributed by atoms with Gasteiger partial charge in [0.1, 0.15) is 5.52 Å². The lowest BCUT2D eigenvalue weighted by Crippen LogP contribution is -3.14. The maximum absolute atomic E-state index is 12.4. The molecule has 0 radical (unpaired) electrons. The molecule has 1 aliphatic heterocycles. The van der Waals surface area contributed by atoms with E-state index in [1.807, 2.05) is 18.2 Å². The van der Waals surface area contributed by atoms with Crippen LogP contribution in [0, 0.1) is 5.92 Å². The molecule has 2 N–H and O–H groups in total. The van der Waals surface area contributed by atoms with E-state index in [2.05, 4.69) is 33.3 Å². The van der Waals surface area contributed by atoms with Crippen LogP contribution in [-0.4, -0.2) is 46.6 Å². The Hall–Kier alpha value is -1.95. The smallest absolute Gasteiger partial charge is 0.275 e. The molecule has 4 rings (SSSR count). The number of hydrogen-bond acceptors (Lipinski definition) is 3. The third-order valence-corrected chi connectivity index (χ3v) is 6.18. The molecule has 0 unspecified atom stereocenters. The van der Waals surface area contributed by atoms with Crippen molar-refractivity contribution in [3.05, 3.63) is 24.3 Å². The van der Waals surface area contributed by atoms with Crippen molar-refractivity contribution in [2.75, 3.05) is 19.6 Å².